The lowest BCUT2D eigenvalue weighted by atomic mass is 10.1. The van der Waals surface area contributed by atoms with Gasteiger partial charge in [-0.2, -0.15) is 0 Å². The topological polar surface area (TPSA) is 52.7 Å². The van der Waals surface area contributed by atoms with Crippen molar-refractivity contribution in [1.82, 2.24) is 4.90 Å². The molecule has 25 heavy (non-hydrogen) atoms. The van der Waals surface area contributed by atoms with Crippen molar-refractivity contribution in [1.29, 1.82) is 0 Å². The Morgan fingerprint density at radius 3 is 2.48 bits per heavy atom. The number of carbonyl (C=O) groups is 2. The Kier molecular flexibility index (Phi) is 5.03. The number of rotatable bonds is 4. The third-order valence-corrected chi connectivity index (χ3v) is 4.54. The minimum atomic E-state index is -0.0971. The fourth-order valence-electron chi connectivity index (χ4n) is 3.14. The van der Waals surface area contributed by atoms with Gasteiger partial charge in [-0.05, 0) is 56.2 Å². The van der Waals surface area contributed by atoms with Crippen LogP contribution in [0.2, 0.25) is 0 Å². The summed E-state index contributed by atoms with van der Waals surface area (Å²) in [6, 6.07) is 15.0. The first kappa shape index (κ1) is 17.0. The maximum absolute atomic E-state index is 12.7. The molecule has 0 aromatic heterocycles. The maximum Gasteiger partial charge on any atom is 0.321 e. The van der Waals surface area contributed by atoms with E-state index in [2.05, 4.69) is 5.32 Å². The lowest BCUT2D eigenvalue weighted by Gasteiger charge is -2.20. The third-order valence-electron chi connectivity index (χ3n) is 4.54. The Labute approximate surface area is 148 Å². The largest absolute Gasteiger partial charge is 0.325 e. The minimum absolute atomic E-state index is 0.0132. The van der Waals surface area contributed by atoms with Crippen LogP contribution in [-0.2, 0) is 6.42 Å². The molecule has 0 radical (unpaired) electrons. The predicted molar refractivity (Wildman–Crippen MR) is 100 cm³/mol. The molecule has 2 aromatic carbocycles. The summed E-state index contributed by atoms with van der Waals surface area (Å²) >= 11 is 0. The fraction of sp³-hybridized carbons (Fsp3) is 0.300. The Morgan fingerprint density at radius 2 is 1.80 bits per heavy atom. The van der Waals surface area contributed by atoms with Gasteiger partial charge in [0, 0.05) is 36.6 Å². The normalized spacial score (nSPS) is 12.6. The molecule has 1 aliphatic heterocycles. The molecule has 0 aliphatic carbocycles. The molecule has 130 valence electrons. The van der Waals surface area contributed by atoms with Gasteiger partial charge in [0.1, 0.15) is 0 Å². The molecule has 1 heterocycles. The van der Waals surface area contributed by atoms with E-state index in [0.29, 0.717) is 25.2 Å². The number of hydrogen-bond donors (Lipinski definition) is 1. The van der Waals surface area contributed by atoms with E-state index in [1.165, 1.54) is 0 Å². The van der Waals surface area contributed by atoms with Crippen LogP contribution in [0.25, 0.3) is 0 Å². The molecule has 1 aliphatic rings. The Hall–Kier alpha value is -2.82. The van der Waals surface area contributed by atoms with Gasteiger partial charge >= 0.3 is 6.03 Å². The first-order valence-electron chi connectivity index (χ1n) is 8.69. The van der Waals surface area contributed by atoms with E-state index in [9.17, 15) is 9.59 Å². The molecule has 0 saturated heterocycles. The number of urea groups is 1. The summed E-state index contributed by atoms with van der Waals surface area (Å²) in [5.74, 6) is 0.0132. The van der Waals surface area contributed by atoms with Crippen molar-refractivity contribution in [3.63, 3.8) is 0 Å². The van der Waals surface area contributed by atoms with Crippen LogP contribution in [0, 0.1) is 0 Å². The molecule has 1 N–H and O–H groups in total. The highest BCUT2D eigenvalue weighted by molar-refractivity contribution is 6.07. The summed E-state index contributed by atoms with van der Waals surface area (Å²) in [6.45, 7) is 5.92. The third kappa shape index (κ3) is 3.50. The van der Waals surface area contributed by atoms with Crippen molar-refractivity contribution >= 4 is 23.3 Å². The number of nitrogens with zero attached hydrogens (tertiary/aromatic N) is 2. The predicted octanol–water partition coefficient (Wildman–Crippen LogP) is 3.76. The van der Waals surface area contributed by atoms with Gasteiger partial charge in [-0.3, -0.25) is 4.79 Å². The SMILES string of the molecule is CCN(CC)C(=O)Nc1ccc2c(c1)CCN2C(=O)c1ccccc1. The average Bonchev–Trinajstić information content (AvgIpc) is 3.06. The van der Waals surface area contributed by atoms with Crippen LogP contribution in [-0.4, -0.2) is 36.5 Å². The van der Waals surface area contributed by atoms with Crippen molar-refractivity contribution in [3.8, 4) is 0 Å². The highest BCUT2D eigenvalue weighted by Crippen LogP contribution is 2.31. The molecule has 0 fully saturated rings. The molecule has 0 bridgehead atoms. The second-order valence-corrected chi connectivity index (χ2v) is 6.02. The Balaban J connectivity index is 1.77. The van der Waals surface area contributed by atoms with Crippen LogP contribution >= 0.6 is 0 Å². The number of fused-ring (bicyclic) bond motifs is 1. The number of benzene rings is 2. The number of nitrogens with one attached hydrogen (secondary N) is 1. The first-order chi connectivity index (χ1) is 12.1. The van der Waals surface area contributed by atoms with E-state index >= 15 is 0 Å². The molecule has 5 heteroatoms. The molecule has 0 saturated carbocycles. The Bertz CT molecular complexity index is 770. The van der Waals surface area contributed by atoms with Gasteiger partial charge in [-0.15, -0.1) is 0 Å². The molecule has 3 rings (SSSR count). The number of amides is 3. The zero-order valence-corrected chi connectivity index (χ0v) is 14.7. The summed E-state index contributed by atoms with van der Waals surface area (Å²) in [7, 11) is 0. The molecule has 0 atom stereocenters. The molecular weight excluding hydrogens is 314 g/mol. The fourth-order valence-corrected chi connectivity index (χ4v) is 3.14. The zero-order chi connectivity index (χ0) is 17.8. The number of carbonyl (C=O) groups excluding carboxylic acids is 2. The average molecular weight is 337 g/mol. The molecule has 5 nitrogen and oxygen atoms in total. The lowest BCUT2D eigenvalue weighted by molar-refractivity contribution is 0.0989. The van der Waals surface area contributed by atoms with Crippen LogP contribution in [0.5, 0.6) is 0 Å². The van der Waals surface area contributed by atoms with Gasteiger partial charge in [0.2, 0.25) is 0 Å². The van der Waals surface area contributed by atoms with Gasteiger partial charge in [-0.25, -0.2) is 4.79 Å². The molecule has 3 amide bonds. The number of hydrogen-bond acceptors (Lipinski definition) is 2. The highest BCUT2D eigenvalue weighted by Gasteiger charge is 2.25. The molecular formula is C20H23N3O2. The van der Waals surface area contributed by atoms with E-state index in [4.69, 9.17) is 0 Å². The summed E-state index contributed by atoms with van der Waals surface area (Å²) in [5.41, 5.74) is 3.47. The van der Waals surface area contributed by atoms with Crippen molar-refractivity contribution in [3.05, 3.63) is 59.7 Å². The van der Waals surface area contributed by atoms with Crippen LogP contribution in [0.15, 0.2) is 48.5 Å². The van der Waals surface area contributed by atoms with E-state index in [-0.39, 0.29) is 11.9 Å². The zero-order valence-electron chi connectivity index (χ0n) is 14.7. The lowest BCUT2D eigenvalue weighted by Crippen LogP contribution is -2.34. The second kappa shape index (κ2) is 7.38. The minimum Gasteiger partial charge on any atom is -0.325 e. The molecule has 2 aromatic rings. The molecule has 0 spiro atoms. The van der Waals surface area contributed by atoms with Gasteiger partial charge in [0.15, 0.2) is 0 Å². The van der Waals surface area contributed by atoms with Crippen molar-refractivity contribution in [2.45, 2.75) is 20.3 Å². The maximum atomic E-state index is 12.7. The first-order valence-corrected chi connectivity index (χ1v) is 8.69. The monoisotopic (exact) mass is 337 g/mol. The summed E-state index contributed by atoms with van der Waals surface area (Å²) in [6.07, 6.45) is 0.795. The van der Waals surface area contributed by atoms with Crippen molar-refractivity contribution < 1.29 is 9.59 Å². The quantitative estimate of drug-likeness (QED) is 0.923. The second-order valence-electron chi connectivity index (χ2n) is 6.02. The van der Waals surface area contributed by atoms with Crippen LogP contribution < -0.4 is 10.2 Å². The summed E-state index contributed by atoms with van der Waals surface area (Å²) < 4.78 is 0. The van der Waals surface area contributed by atoms with Crippen LogP contribution in [0.3, 0.4) is 0 Å². The standard InChI is InChI=1S/C20H23N3O2/c1-3-22(4-2)20(25)21-17-10-11-18-16(14-17)12-13-23(18)19(24)15-8-6-5-7-9-15/h5-11,14H,3-4,12-13H2,1-2H3,(H,21,25). The highest BCUT2D eigenvalue weighted by atomic mass is 16.2. The van der Waals surface area contributed by atoms with E-state index in [1.54, 1.807) is 9.80 Å². The van der Waals surface area contributed by atoms with E-state index in [1.807, 2.05) is 62.4 Å². The summed E-state index contributed by atoms with van der Waals surface area (Å²) in [5, 5.41) is 2.93. The smallest absolute Gasteiger partial charge is 0.321 e. The van der Waals surface area contributed by atoms with Crippen molar-refractivity contribution in [2.24, 2.45) is 0 Å². The van der Waals surface area contributed by atoms with Crippen LogP contribution in [0.1, 0.15) is 29.8 Å². The van der Waals surface area contributed by atoms with Crippen LogP contribution in [0.4, 0.5) is 16.2 Å². The Morgan fingerprint density at radius 1 is 1.08 bits per heavy atom. The summed E-state index contributed by atoms with van der Waals surface area (Å²) in [4.78, 5) is 28.4. The van der Waals surface area contributed by atoms with Gasteiger partial charge < -0.3 is 15.1 Å². The van der Waals surface area contributed by atoms with E-state index in [0.717, 1.165) is 23.4 Å². The van der Waals surface area contributed by atoms with E-state index < -0.39 is 0 Å². The van der Waals surface area contributed by atoms with Crippen molar-refractivity contribution in [2.75, 3.05) is 29.9 Å². The van der Waals surface area contributed by atoms with Gasteiger partial charge in [-0.1, -0.05) is 18.2 Å². The van der Waals surface area contributed by atoms with Gasteiger partial charge in [0.25, 0.3) is 5.91 Å². The van der Waals surface area contributed by atoms with Gasteiger partial charge in [0.05, 0.1) is 0 Å². The molecule has 0 unspecified atom stereocenters. The number of anilines is 2.